The van der Waals surface area contributed by atoms with E-state index in [2.05, 4.69) is 27.6 Å². The summed E-state index contributed by atoms with van der Waals surface area (Å²) < 4.78 is 11.5. The fourth-order valence-corrected chi connectivity index (χ4v) is 3.00. The second kappa shape index (κ2) is 7.25. The van der Waals surface area contributed by atoms with Gasteiger partial charge in [0.2, 0.25) is 0 Å². The first kappa shape index (κ1) is 20.7. The van der Waals surface area contributed by atoms with E-state index in [1.807, 2.05) is 6.92 Å². The van der Waals surface area contributed by atoms with Gasteiger partial charge in [0.15, 0.2) is 0 Å². The van der Waals surface area contributed by atoms with Crippen molar-refractivity contribution in [3.8, 4) is 0 Å². The van der Waals surface area contributed by atoms with Crippen molar-refractivity contribution in [2.75, 3.05) is 4.90 Å². The van der Waals surface area contributed by atoms with Crippen LogP contribution in [0.4, 0.5) is 15.3 Å². The highest BCUT2D eigenvalue weighted by atomic mass is 127. The van der Waals surface area contributed by atoms with Crippen LogP contribution >= 0.6 is 22.6 Å². The van der Waals surface area contributed by atoms with Gasteiger partial charge in [0.05, 0.1) is 11.4 Å². The van der Waals surface area contributed by atoms with Gasteiger partial charge in [0, 0.05) is 9.26 Å². The van der Waals surface area contributed by atoms with Crippen LogP contribution in [0.1, 0.15) is 52.9 Å². The third kappa shape index (κ3) is 5.92. The Bertz CT molecular complexity index is 594. The Balaban J connectivity index is 3.39. The fraction of sp³-hybridized carbons (Fsp3) is 0.588. The maximum absolute atomic E-state index is 12.6. The molecular weight excluding hydrogens is 423 g/mol. The lowest BCUT2D eigenvalue weighted by atomic mass is 10.2. The van der Waals surface area contributed by atoms with Gasteiger partial charge in [-0.05, 0) is 84.0 Å². The molecule has 0 aromatic carbocycles. The molecule has 134 valence electrons. The summed E-state index contributed by atoms with van der Waals surface area (Å²) in [5.74, 6) is 0. The largest absolute Gasteiger partial charge is 0.443 e. The van der Waals surface area contributed by atoms with Crippen LogP contribution in [0.15, 0.2) is 6.07 Å². The van der Waals surface area contributed by atoms with Gasteiger partial charge in [-0.15, -0.1) is 0 Å². The van der Waals surface area contributed by atoms with Crippen molar-refractivity contribution in [1.82, 2.24) is 4.98 Å². The summed E-state index contributed by atoms with van der Waals surface area (Å²) in [7, 11) is 0. The van der Waals surface area contributed by atoms with E-state index in [9.17, 15) is 9.59 Å². The highest BCUT2D eigenvalue weighted by molar-refractivity contribution is 14.1. The number of aryl methyl sites for hydroxylation is 2. The van der Waals surface area contributed by atoms with Crippen LogP contribution in [0.2, 0.25) is 0 Å². The molecule has 0 aliphatic carbocycles. The molecule has 7 heteroatoms. The van der Waals surface area contributed by atoms with Crippen molar-refractivity contribution in [1.29, 1.82) is 0 Å². The minimum atomic E-state index is -0.789. The van der Waals surface area contributed by atoms with E-state index in [1.165, 1.54) is 0 Å². The highest BCUT2D eigenvalue weighted by Gasteiger charge is 2.35. The summed E-state index contributed by atoms with van der Waals surface area (Å²) >= 11 is 2.07. The lowest BCUT2D eigenvalue weighted by Gasteiger charge is -2.29. The normalized spacial score (nSPS) is 11.9. The number of anilines is 1. The Morgan fingerprint density at radius 1 is 1.00 bits per heavy atom. The van der Waals surface area contributed by atoms with E-state index in [0.717, 1.165) is 10.6 Å². The Morgan fingerprint density at radius 3 is 1.75 bits per heavy atom. The van der Waals surface area contributed by atoms with Crippen molar-refractivity contribution in [2.24, 2.45) is 0 Å². The van der Waals surface area contributed by atoms with E-state index in [4.69, 9.17) is 9.47 Å². The van der Waals surface area contributed by atoms with E-state index in [0.29, 0.717) is 15.0 Å². The molecule has 0 aliphatic rings. The third-order valence-corrected chi connectivity index (χ3v) is 3.45. The SMILES string of the molecule is Cc1cc(I)c(N(C(=O)OC(C)(C)C)C(=O)OC(C)(C)C)c(C)n1. The van der Waals surface area contributed by atoms with Crippen molar-refractivity contribution in [3.63, 3.8) is 0 Å². The molecule has 0 aliphatic heterocycles. The summed E-state index contributed by atoms with van der Waals surface area (Å²) in [6.07, 6.45) is -1.58. The van der Waals surface area contributed by atoms with Gasteiger partial charge in [-0.25, -0.2) is 9.59 Å². The lowest BCUT2D eigenvalue weighted by Crippen LogP contribution is -2.44. The second-order valence-electron chi connectivity index (χ2n) is 7.48. The first-order chi connectivity index (χ1) is 10.7. The molecule has 0 saturated heterocycles. The molecule has 0 atom stereocenters. The number of hydrogen-bond acceptors (Lipinski definition) is 5. The Morgan fingerprint density at radius 2 is 1.42 bits per heavy atom. The number of pyridine rings is 1. The zero-order valence-corrected chi connectivity index (χ0v) is 17.6. The van der Waals surface area contributed by atoms with Crippen LogP contribution in [-0.4, -0.2) is 28.4 Å². The molecular formula is C17H25IN2O4. The van der Waals surface area contributed by atoms with Crippen molar-refractivity contribution in [2.45, 2.75) is 66.6 Å². The lowest BCUT2D eigenvalue weighted by molar-refractivity contribution is 0.0430. The van der Waals surface area contributed by atoms with Gasteiger partial charge < -0.3 is 9.47 Å². The standard InChI is InChI=1S/C17H25IN2O4/c1-10-9-12(18)13(11(2)19-10)20(14(21)23-16(3,4)5)15(22)24-17(6,7)8/h9H,1-8H3. The first-order valence-electron chi connectivity index (χ1n) is 7.61. The minimum absolute atomic E-state index is 0.379. The second-order valence-corrected chi connectivity index (χ2v) is 8.64. The smallest absolute Gasteiger partial charge is 0.424 e. The number of ether oxygens (including phenoxy) is 2. The molecule has 0 bridgehead atoms. The van der Waals surface area contributed by atoms with E-state index in [1.54, 1.807) is 54.5 Å². The Kier molecular flexibility index (Phi) is 6.24. The predicted octanol–water partition coefficient (Wildman–Crippen LogP) is 4.98. The van der Waals surface area contributed by atoms with Crippen LogP contribution < -0.4 is 4.90 Å². The first-order valence-corrected chi connectivity index (χ1v) is 8.69. The number of amides is 2. The van der Waals surface area contributed by atoms with Crippen LogP contribution in [0.25, 0.3) is 0 Å². The predicted molar refractivity (Wildman–Crippen MR) is 101 cm³/mol. The maximum atomic E-state index is 12.6. The van der Waals surface area contributed by atoms with Crippen molar-refractivity contribution < 1.29 is 19.1 Å². The maximum Gasteiger partial charge on any atom is 0.424 e. The van der Waals surface area contributed by atoms with Gasteiger partial charge >= 0.3 is 12.2 Å². The molecule has 0 N–H and O–H groups in total. The number of carbonyl (C=O) groups excluding carboxylic acids is 2. The zero-order chi connectivity index (χ0) is 18.9. The Labute approximate surface area is 157 Å². The summed E-state index contributed by atoms with van der Waals surface area (Å²) in [6.45, 7) is 14.0. The molecule has 0 fully saturated rings. The molecule has 0 unspecified atom stereocenters. The molecule has 0 saturated carbocycles. The van der Waals surface area contributed by atoms with E-state index in [-0.39, 0.29) is 0 Å². The summed E-state index contributed by atoms with van der Waals surface area (Å²) in [5, 5.41) is 0. The topological polar surface area (TPSA) is 68.7 Å². The van der Waals surface area contributed by atoms with Crippen LogP contribution in [-0.2, 0) is 9.47 Å². The summed E-state index contributed by atoms with van der Waals surface area (Å²) in [5.41, 5.74) is 0.249. The number of carbonyl (C=O) groups is 2. The average molecular weight is 448 g/mol. The number of nitrogens with zero attached hydrogens (tertiary/aromatic N) is 2. The summed E-state index contributed by atoms with van der Waals surface area (Å²) in [4.78, 5) is 30.6. The number of rotatable bonds is 1. The van der Waals surface area contributed by atoms with Crippen molar-refractivity contribution in [3.05, 3.63) is 21.0 Å². The molecule has 1 aromatic rings. The molecule has 0 radical (unpaired) electrons. The minimum Gasteiger partial charge on any atom is -0.443 e. The van der Waals surface area contributed by atoms with Crippen LogP contribution in [0, 0.1) is 17.4 Å². The van der Waals surface area contributed by atoms with Gasteiger partial charge in [0.1, 0.15) is 11.2 Å². The van der Waals surface area contributed by atoms with Crippen LogP contribution in [0.3, 0.4) is 0 Å². The number of aromatic nitrogens is 1. The van der Waals surface area contributed by atoms with Crippen molar-refractivity contribution >= 4 is 40.5 Å². The molecule has 6 nitrogen and oxygen atoms in total. The van der Waals surface area contributed by atoms with Gasteiger partial charge in [-0.3, -0.25) is 4.98 Å². The fourth-order valence-electron chi connectivity index (χ4n) is 1.92. The molecule has 1 aromatic heterocycles. The molecule has 1 heterocycles. The van der Waals surface area contributed by atoms with Crippen LogP contribution in [0.5, 0.6) is 0 Å². The highest BCUT2D eigenvalue weighted by Crippen LogP contribution is 2.29. The third-order valence-electron chi connectivity index (χ3n) is 2.62. The van der Waals surface area contributed by atoms with Gasteiger partial charge in [0.25, 0.3) is 0 Å². The summed E-state index contributed by atoms with van der Waals surface area (Å²) in [6, 6.07) is 1.80. The van der Waals surface area contributed by atoms with E-state index < -0.39 is 23.4 Å². The monoisotopic (exact) mass is 448 g/mol. The van der Waals surface area contributed by atoms with E-state index >= 15 is 0 Å². The number of halogens is 1. The van der Waals surface area contributed by atoms with Gasteiger partial charge in [-0.2, -0.15) is 4.90 Å². The molecule has 24 heavy (non-hydrogen) atoms. The van der Waals surface area contributed by atoms with Gasteiger partial charge in [-0.1, -0.05) is 0 Å². The zero-order valence-electron chi connectivity index (χ0n) is 15.5. The quantitative estimate of drug-likeness (QED) is 0.567. The Hall–Kier alpha value is -1.38. The average Bonchev–Trinajstić information content (AvgIpc) is 2.28. The molecule has 2 amide bonds. The number of imide groups is 1. The molecule has 1 rings (SSSR count). The molecule has 0 spiro atoms. The number of hydrogen-bond donors (Lipinski definition) is 0.